The van der Waals surface area contributed by atoms with Gasteiger partial charge in [-0.1, -0.05) is 0 Å². The summed E-state index contributed by atoms with van der Waals surface area (Å²) in [5.41, 5.74) is 0.0617. The summed E-state index contributed by atoms with van der Waals surface area (Å²) in [6.07, 6.45) is -4.66. The Morgan fingerprint density at radius 2 is 1.64 bits per heavy atom. The quantitative estimate of drug-likeness (QED) is 0.241. The fourth-order valence-electron chi connectivity index (χ4n) is 2.66. The van der Waals surface area contributed by atoms with Gasteiger partial charge < -0.3 is 44.9 Å². The maximum atomic E-state index is 11.3. The molecule has 5 unspecified atom stereocenters. The Labute approximate surface area is 166 Å². The van der Waals surface area contributed by atoms with Gasteiger partial charge in [0, 0.05) is 19.0 Å². The van der Waals surface area contributed by atoms with E-state index >= 15 is 0 Å². The molecule has 1 rings (SSSR count). The zero-order chi connectivity index (χ0) is 21.2. The molecule has 0 aromatic heterocycles. The van der Waals surface area contributed by atoms with Crippen molar-refractivity contribution in [3.05, 3.63) is 0 Å². The van der Waals surface area contributed by atoms with E-state index in [2.05, 4.69) is 31.4 Å². The van der Waals surface area contributed by atoms with E-state index in [1.54, 1.807) is 0 Å². The summed E-state index contributed by atoms with van der Waals surface area (Å²) in [6, 6.07) is -0.950. The lowest BCUT2D eigenvalue weighted by molar-refractivity contribution is -0.272. The summed E-state index contributed by atoms with van der Waals surface area (Å²) in [5, 5.41) is 35.2. The highest BCUT2D eigenvalue weighted by Gasteiger charge is 2.45. The molecule has 1 aliphatic heterocycles. The first-order valence-electron chi connectivity index (χ1n) is 9.57. The summed E-state index contributed by atoms with van der Waals surface area (Å²) >= 11 is 0. The van der Waals surface area contributed by atoms with Crippen molar-refractivity contribution in [3.8, 4) is 0 Å². The van der Waals surface area contributed by atoms with Crippen LogP contribution in [0.3, 0.4) is 0 Å². The molecule has 0 saturated carbocycles. The van der Waals surface area contributed by atoms with Gasteiger partial charge in [0.25, 0.3) is 0 Å². The Bertz CT molecular complexity index is 446. The molecule has 0 spiro atoms. The molecule has 166 valence electrons. The average Bonchev–Trinajstić information content (AvgIpc) is 2.61. The highest BCUT2D eigenvalue weighted by molar-refractivity contribution is 5.73. The number of carbonyl (C=O) groups is 1. The number of aliphatic hydroxyl groups is 3. The molecular formula is C18H36N2O8. The van der Waals surface area contributed by atoms with Crippen LogP contribution in [0.25, 0.3) is 0 Å². The molecule has 28 heavy (non-hydrogen) atoms. The molecule has 1 amide bonds. The van der Waals surface area contributed by atoms with Gasteiger partial charge in [0.15, 0.2) is 6.29 Å². The van der Waals surface area contributed by atoms with Crippen molar-refractivity contribution in [2.75, 3.05) is 46.2 Å². The van der Waals surface area contributed by atoms with Gasteiger partial charge >= 0.3 is 0 Å². The number of nitrogens with one attached hydrogen (secondary N) is 2. The van der Waals surface area contributed by atoms with Gasteiger partial charge in [-0.3, -0.25) is 4.79 Å². The van der Waals surface area contributed by atoms with Gasteiger partial charge in [0.1, 0.15) is 24.4 Å². The van der Waals surface area contributed by atoms with Crippen LogP contribution in [0.5, 0.6) is 0 Å². The number of ether oxygens (including phenoxy) is 4. The molecule has 0 aromatic carbocycles. The zero-order valence-electron chi connectivity index (χ0n) is 17.2. The fraction of sp³-hybridized carbons (Fsp3) is 0.944. The molecule has 0 aromatic rings. The predicted octanol–water partition coefficient (Wildman–Crippen LogP) is -1.63. The summed E-state index contributed by atoms with van der Waals surface area (Å²) in [7, 11) is 0. The molecular weight excluding hydrogens is 372 g/mol. The summed E-state index contributed by atoms with van der Waals surface area (Å²) < 4.78 is 21.8. The summed E-state index contributed by atoms with van der Waals surface area (Å²) in [4.78, 5) is 11.3. The van der Waals surface area contributed by atoms with E-state index in [1.807, 2.05) is 0 Å². The van der Waals surface area contributed by atoms with E-state index in [0.29, 0.717) is 19.8 Å². The predicted molar refractivity (Wildman–Crippen MR) is 101 cm³/mol. The largest absolute Gasteiger partial charge is 0.394 e. The molecule has 5 N–H and O–H groups in total. The maximum Gasteiger partial charge on any atom is 0.217 e. The van der Waals surface area contributed by atoms with Crippen LogP contribution in [-0.2, 0) is 23.7 Å². The molecule has 0 aliphatic carbocycles. The van der Waals surface area contributed by atoms with Crippen molar-refractivity contribution < 1.29 is 39.1 Å². The second-order valence-corrected chi connectivity index (χ2v) is 7.71. The monoisotopic (exact) mass is 408 g/mol. The van der Waals surface area contributed by atoms with Crippen molar-refractivity contribution in [1.29, 1.82) is 0 Å². The standard InChI is InChI=1S/C18H36N2O8/c1-12(22)20-14-16(24)15(23)13(11-21)28-17(14)27-10-9-26-8-7-25-6-5-19-18(2,3)4/h13-17,19,21,23-24H,5-11H2,1-4H3,(H,20,22). The van der Waals surface area contributed by atoms with Crippen molar-refractivity contribution in [2.24, 2.45) is 0 Å². The third-order valence-corrected chi connectivity index (χ3v) is 4.03. The number of carbonyl (C=O) groups excluding carboxylic acids is 1. The van der Waals surface area contributed by atoms with Gasteiger partial charge in [-0.15, -0.1) is 0 Å². The molecule has 1 heterocycles. The van der Waals surface area contributed by atoms with Crippen molar-refractivity contribution in [3.63, 3.8) is 0 Å². The van der Waals surface area contributed by atoms with Crippen LogP contribution in [0.2, 0.25) is 0 Å². The van der Waals surface area contributed by atoms with Gasteiger partial charge in [-0.25, -0.2) is 0 Å². The third kappa shape index (κ3) is 9.57. The first kappa shape index (κ1) is 25.2. The van der Waals surface area contributed by atoms with E-state index in [0.717, 1.165) is 6.54 Å². The summed E-state index contributed by atoms with van der Waals surface area (Å²) in [5.74, 6) is -0.398. The lowest BCUT2D eigenvalue weighted by Gasteiger charge is -2.42. The topological polar surface area (TPSA) is 139 Å². The minimum absolute atomic E-state index is 0.0617. The lowest BCUT2D eigenvalue weighted by atomic mass is 9.97. The molecule has 1 saturated heterocycles. The molecule has 0 bridgehead atoms. The fourth-order valence-corrected chi connectivity index (χ4v) is 2.66. The SMILES string of the molecule is CC(=O)NC1C(OCCOCCOCCNC(C)(C)C)OC(CO)C(O)C1O. The van der Waals surface area contributed by atoms with Crippen LogP contribution in [0.1, 0.15) is 27.7 Å². The molecule has 1 aliphatic rings. The first-order valence-corrected chi connectivity index (χ1v) is 9.57. The van der Waals surface area contributed by atoms with E-state index in [9.17, 15) is 20.1 Å². The maximum absolute atomic E-state index is 11.3. The number of aliphatic hydroxyl groups excluding tert-OH is 3. The van der Waals surface area contributed by atoms with Crippen LogP contribution >= 0.6 is 0 Å². The van der Waals surface area contributed by atoms with Gasteiger partial charge in [0.05, 0.1) is 39.6 Å². The zero-order valence-corrected chi connectivity index (χ0v) is 17.2. The van der Waals surface area contributed by atoms with Crippen LogP contribution in [0, 0.1) is 0 Å². The Hall–Kier alpha value is -0.850. The number of hydrogen-bond donors (Lipinski definition) is 5. The Kier molecular flexibility index (Phi) is 11.4. The molecule has 5 atom stereocenters. The van der Waals surface area contributed by atoms with Gasteiger partial charge in [-0.2, -0.15) is 0 Å². The highest BCUT2D eigenvalue weighted by Crippen LogP contribution is 2.22. The number of rotatable bonds is 12. The second kappa shape index (κ2) is 12.7. The molecule has 10 heteroatoms. The van der Waals surface area contributed by atoms with E-state index in [-0.39, 0.29) is 18.8 Å². The lowest BCUT2D eigenvalue weighted by Crippen LogP contribution is -2.64. The number of hydrogen-bond acceptors (Lipinski definition) is 9. The molecule has 10 nitrogen and oxygen atoms in total. The normalized spacial score (nSPS) is 28.3. The second-order valence-electron chi connectivity index (χ2n) is 7.71. The Morgan fingerprint density at radius 1 is 1.04 bits per heavy atom. The van der Waals surface area contributed by atoms with Crippen molar-refractivity contribution in [1.82, 2.24) is 10.6 Å². The smallest absolute Gasteiger partial charge is 0.217 e. The minimum atomic E-state index is -1.33. The van der Waals surface area contributed by atoms with Crippen LogP contribution in [0.4, 0.5) is 0 Å². The third-order valence-electron chi connectivity index (χ3n) is 4.03. The first-order chi connectivity index (χ1) is 13.2. The molecule has 0 radical (unpaired) electrons. The van der Waals surface area contributed by atoms with Crippen LogP contribution in [-0.4, -0.2) is 104 Å². The van der Waals surface area contributed by atoms with Crippen molar-refractivity contribution >= 4 is 5.91 Å². The van der Waals surface area contributed by atoms with E-state index < -0.39 is 43.2 Å². The number of amides is 1. The van der Waals surface area contributed by atoms with Crippen molar-refractivity contribution in [2.45, 2.75) is 63.9 Å². The van der Waals surface area contributed by atoms with Gasteiger partial charge in [-0.05, 0) is 20.8 Å². The Morgan fingerprint density at radius 3 is 2.21 bits per heavy atom. The van der Waals surface area contributed by atoms with E-state index in [4.69, 9.17) is 18.9 Å². The van der Waals surface area contributed by atoms with Crippen LogP contribution in [0.15, 0.2) is 0 Å². The van der Waals surface area contributed by atoms with Gasteiger partial charge in [0.2, 0.25) is 5.91 Å². The Balaban J connectivity index is 2.23. The highest BCUT2D eigenvalue weighted by atomic mass is 16.7. The molecule has 1 fully saturated rings. The van der Waals surface area contributed by atoms with Crippen LogP contribution < -0.4 is 10.6 Å². The van der Waals surface area contributed by atoms with E-state index in [1.165, 1.54) is 6.92 Å². The summed E-state index contributed by atoms with van der Waals surface area (Å²) in [6.45, 7) is 9.69. The average molecular weight is 408 g/mol. The minimum Gasteiger partial charge on any atom is -0.394 e.